The Kier molecular flexibility index (Phi) is 1.92. The van der Waals surface area contributed by atoms with Crippen molar-refractivity contribution in [2.75, 3.05) is 7.05 Å². The summed E-state index contributed by atoms with van der Waals surface area (Å²) in [4.78, 5) is 14.6. The summed E-state index contributed by atoms with van der Waals surface area (Å²) in [5.74, 6) is 0. The molecule has 1 atom stereocenters. The maximum atomic E-state index is 9.70. The molecule has 3 N–H and O–H groups in total. The zero-order chi connectivity index (χ0) is 6.08. The fourth-order valence-electron chi connectivity index (χ4n) is 0. The molecule has 7 heavy (non-hydrogen) atoms. The first-order valence-corrected chi connectivity index (χ1v) is 3.12. The third kappa shape index (κ3) is 2.73. The van der Waals surface area contributed by atoms with Gasteiger partial charge in [-0.05, 0) is 0 Å². The number of nitrogens with one attached hydrogen (secondary N) is 1. The average molecular weight is 127 g/mol. The van der Waals surface area contributed by atoms with Crippen LogP contribution in [0.2, 0.25) is 0 Å². The summed E-state index contributed by atoms with van der Waals surface area (Å²) in [7, 11) is -3.53. The van der Waals surface area contributed by atoms with Gasteiger partial charge < -0.3 is 5.21 Å². The van der Waals surface area contributed by atoms with E-state index in [1.54, 1.807) is 0 Å². The second-order valence-corrected chi connectivity index (χ2v) is 2.78. The van der Waals surface area contributed by atoms with Gasteiger partial charge in [-0.2, -0.15) is 0 Å². The monoisotopic (exact) mass is 127 g/mol. The minimum absolute atomic E-state index is 0.848. The first kappa shape index (κ1) is 7.07. The molecular weight excluding hydrogens is 121 g/mol. The van der Waals surface area contributed by atoms with Crippen LogP contribution < -0.4 is 4.83 Å². The van der Waals surface area contributed by atoms with Crippen molar-refractivity contribution in [2.45, 2.75) is 0 Å². The van der Waals surface area contributed by atoms with Gasteiger partial charge in [0.15, 0.2) is 0 Å². The molecule has 44 valence electrons. The highest BCUT2D eigenvalue weighted by molar-refractivity contribution is 7.44. The van der Waals surface area contributed by atoms with E-state index >= 15 is 0 Å². The zero-order valence-electron chi connectivity index (χ0n) is 3.66. The van der Waals surface area contributed by atoms with Crippen LogP contribution in [0.1, 0.15) is 0 Å². The molecule has 0 aliphatic rings. The van der Waals surface area contributed by atoms with Gasteiger partial charge in [0.1, 0.15) is 0 Å². The molecule has 0 aromatic carbocycles. The Labute approximate surface area is 40.4 Å². The normalized spacial score (nSPS) is 16.6. The van der Waals surface area contributed by atoms with Gasteiger partial charge >= 0.3 is 7.75 Å². The number of hydrogen-bond donors (Lipinski definition) is 3. The molecule has 0 spiro atoms. The quantitative estimate of drug-likeness (QED) is 0.283. The van der Waals surface area contributed by atoms with Crippen LogP contribution >= 0.6 is 7.75 Å². The Morgan fingerprint density at radius 2 is 1.86 bits per heavy atom. The van der Waals surface area contributed by atoms with Crippen molar-refractivity contribution >= 4 is 7.75 Å². The standard InChI is InChI=1S/CH6NO4P/c1-2(3)7(4,5)6/h2H,1H3,(H2,4,5,6). The number of quaternary nitrogens is 1. The summed E-state index contributed by atoms with van der Waals surface area (Å²) in [6.07, 6.45) is 0. The molecule has 1 unspecified atom stereocenters. The van der Waals surface area contributed by atoms with E-state index in [4.69, 9.17) is 9.79 Å². The molecule has 5 nitrogen and oxygen atoms in total. The lowest BCUT2D eigenvalue weighted by atomic mass is 11.6. The molecule has 0 amide bonds. The predicted octanol–water partition coefficient (Wildman–Crippen LogP) is -1.91. The van der Waals surface area contributed by atoms with Crippen LogP contribution in [0.5, 0.6) is 0 Å². The van der Waals surface area contributed by atoms with E-state index in [0.29, 0.717) is 0 Å². The fraction of sp³-hybridized carbons (Fsp3) is 1.00. The fourth-order valence-corrected chi connectivity index (χ4v) is 0. The zero-order valence-corrected chi connectivity index (χ0v) is 4.55. The highest BCUT2D eigenvalue weighted by Crippen LogP contribution is 2.19. The van der Waals surface area contributed by atoms with Crippen molar-refractivity contribution < 1.29 is 19.2 Å². The van der Waals surface area contributed by atoms with Crippen molar-refractivity contribution in [1.82, 2.24) is 0 Å². The van der Waals surface area contributed by atoms with Crippen LogP contribution in [0.25, 0.3) is 0 Å². The summed E-state index contributed by atoms with van der Waals surface area (Å²) in [6.45, 7) is 0. The van der Waals surface area contributed by atoms with Crippen LogP contribution in [-0.2, 0) is 4.57 Å². The van der Waals surface area contributed by atoms with Crippen molar-refractivity contribution in [1.29, 1.82) is 0 Å². The highest BCUT2D eigenvalue weighted by Gasteiger charge is 2.17. The smallest absolute Gasteiger partial charge is 0.524 e. The van der Waals surface area contributed by atoms with E-state index in [2.05, 4.69) is 0 Å². The third-order valence-corrected chi connectivity index (χ3v) is 1.23. The van der Waals surface area contributed by atoms with Crippen molar-refractivity contribution in [2.24, 2.45) is 0 Å². The predicted molar refractivity (Wildman–Crippen MR) is 22.3 cm³/mol. The summed E-state index contributed by atoms with van der Waals surface area (Å²) in [5, 5.41) is 9.70. The van der Waals surface area contributed by atoms with E-state index in [0.717, 1.165) is 7.05 Å². The Hall–Kier alpha value is 0.0700. The van der Waals surface area contributed by atoms with Crippen LogP contribution in [0.4, 0.5) is 0 Å². The van der Waals surface area contributed by atoms with Gasteiger partial charge in [-0.3, -0.25) is 14.6 Å². The minimum Gasteiger partial charge on any atom is -0.628 e. The van der Waals surface area contributed by atoms with Crippen LogP contribution in [0, 0.1) is 5.21 Å². The Balaban J connectivity index is 3.80. The number of hydroxylamine groups is 1. The first-order chi connectivity index (χ1) is 2.94. The lowest BCUT2D eigenvalue weighted by molar-refractivity contribution is -0.702. The lowest BCUT2D eigenvalue weighted by Gasteiger charge is -2.14. The second kappa shape index (κ2) is 1.90. The largest absolute Gasteiger partial charge is 0.628 e. The van der Waals surface area contributed by atoms with Gasteiger partial charge in [0.05, 0.1) is 7.05 Å². The first-order valence-electron chi connectivity index (χ1n) is 1.51. The molecule has 0 bridgehead atoms. The Bertz CT molecular complexity index is 93.9. The van der Waals surface area contributed by atoms with Gasteiger partial charge in [0.25, 0.3) is 0 Å². The molecule has 0 aromatic rings. The van der Waals surface area contributed by atoms with Gasteiger partial charge in [0.2, 0.25) is 0 Å². The summed E-state index contributed by atoms with van der Waals surface area (Å²) < 4.78 is 9.68. The molecule has 0 aliphatic carbocycles. The van der Waals surface area contributed by atoms with Crippen LogP contribution in [0.15, 0.2) is 0 Å². The number of rotatable bonds is 1. The van der Waals surface area contributed by atoms with Crippen LogP contribution in [-0.4, -0.2) is 16.8 Å². The Morgan fingerprint density at radius 3 is 1.86 bits per heavy atom. The molecule has 0 aliphatic heterocycles. The lowest BCUT2D eigenvalue weighted by Crippen LogP contribution is -2.98. The van der Waals surface area contributed by atoms with Gasteiger partial charge in [-0.15, -0.1) is 0 Å². The second-order valence-electron chi connectivity index (χ2n) is 1.06. The molecule has 0 rings (SSSR count). The minimum atomic E-state index is -4.38. The SMILES string of the molecule is C[NH+]([O-])P(=O)(O)O. The third-order valence-electron chi connectivity index (χ3n) is 0.410. The molecule has 0 aromatic heterocycles. The molecular formula is CH6NO4P. The highest BCUT2D eigenvalue weighted by atomic mass is 31.2. The van der Waals surface area contributed by atoms with Crippen molar-refractivity contribution in [3.63, 3.8) is 0 Å². The van der Waals surface area contributed by atoms with Crippen LogP contribution in [0.3, 0.4) is 0 Å². The summed E-state index contributed by atoms with van der Waals surface area (Å²) in [6, 6.07) is 0. The maximum Gasteiger partial charge on any atom is 0.524 e. The molecule has 0 radical (unpaired) electrons. The van der Waals surface area contributed by atoms with Crippen molar-refractivity contribution in [3.8, 4) is 0 Å². The Morgan fingerprint density at radius 1 is 1.71 bits per heavy atom. The van der Waals surface area contributed by atoms with Gasteiger partial charge in [0, 0.05) is 0 Å². The maximum absolute atomic E-state index is 9.70. The molecule has 0 fully saturated rings. The molecule has 0 saturated carbocycles. The average Bonchev–Trinajstić information content (AvgIpc) is 1.31. The van der Waals surface area contributed by atoms with E-state index < -0.39 is 12.6 Å². The summed E-state index contributed by atoms with van der Waals surface area (Å²) in [5.41, 5.74) is 0. The van der Waals surface area contributed by atoms with E-state index in [-0.39, 0.29) is 0 Å². The van der Waals surface area contributed by atoms with Gasteiger partial charge in [-0.25, -0.2) is 4.57 Å². The van der Waals surface area contributed by atoms with E-state index in [1.165, 1.54) is 0 Å². The topological polar surface area (TPSA) is 85.0 Å². The van der Waals surface area contributed by atoms with E-state index in [1.807, 2.05) is 0 Å². The molecule has 6 heteroatoms. The molecule has 0 heterocycles. The molecule has 0 saturated heterocycles. The van der Waals surface area contributed by atoms with Crippen molar-refractivity contribution in [3.05, 3.63) is 5.21 Å². The number of hydrogen-bond acceptors (Lipinski definition) is 2. The van der Waals surface area contributed by atoms with Gasteiger partial charge in [-0.1, -0.05) is 0 Å². The van der Waals surface area contributed by atoms with E-state index in [9.17, 15) is 9.77 Å². The summed E-state index contributed by atoms with van der Waals surface area (Å²) >= 11 is 0.